The molecule has 1 aromatic rings. The molecule has 4 heterocycles. The first-order valence-electron chi connectivity index (χ1n) is 16.9. The number of aromatic amines is 1. The first kappa shape index (κ1) is 38.7. The van der Waals surface area contributed by atoms with Crippen molar-refractivity contribution in [1.82, 2.24) is 20.2 Å². The molecule has 3 aliphatic rings. The lowest BCUT2D eigenvalue weighted by molar-refractivity contribution is -0.241. The lowest BCUT2D eigenvalue weighted by atomic mass is 10.0. The van der Waals surface area contributed by atoms with Gasteiger partial charge in [0.25, 0.3) is 11.5 Å². The molecule has 0 aromatic carbocycles. The molecule has 2 saturated heterocycles. The van der Waals surface area contributed by atoms with Gasteiger partial charge in [-0.15, -0.1) is 0 Å². The van der Waals surface area contributed by atoms with Crippen LogP contribution in [0, 0.1) is 0 Å². The average Bonchev–Trinajstić information content (AvgIpc) is 3.29. The van der Waals surface area contributed by atoms with E-state index in [0.717, 1.165) is 61.4 Å². The topological polar surface area (TPSA) is 260 Å². The number of carbonyl (C=O) groups is 4. The molecule has 9 atom stereocenters. The number of rotatable bonds is 16. The number of hydrogen-bond acceptors (Lipinski definition) is 13. The maximum Gasteiger partial charge on any atom is 0.330 e. The molecule has 1 aromatic heterocycles. The molecule has 2 fully saturated rings. The smallest absolute Gasteiger partial charge is 0.330 e. The molecule has 7 N–H and O–H groups in total. The molecule has 50 heavy (non-hydrogen) atoms. The van der Waals surface area contributed by atoms with Crippen LogP contribution < -0.4 is 27.6 Å². The molecule has 18 nitrogen and oxygen atoms in total. The average molecular weight is 710 g/mol. The molecule has 0 aliphatic carbocycles. The number of unbranched alkanes of at least 4 members (excludes halogenated alkanes) is 5. The van der Waals surface area contributed by atoms with Crippen LogP contribution in [0.15, 0.2) is 33.7 Å². The molecule has 0 spiro atoms. The summed E-state index contributed by atoms with van der Waals surface area (Å²) < 4.78 is 29.7. The number of aliphatic hydroxyl groups excluding tert-OH is 2. The summed E-state index contributed by atoms with van der Waals surface area (Å²) in [5, 5.41) is 26.5. The summed E-state index contributed by atoms with van der Waals surface area (Å²) in [6.07, 6.45) is -3.54. The van der Waals surface area contributed by atoms with Gasteiger partial charge >= 0.3 is 11.7 Å². The molecule has 0 bridgehead atoms. The minimum Gasteiger partial charge on any atom is -0.456 e. The number of aromatic nitrogens is 2. The maximum atomic E-state index is 13.1. The lowest BCUT2D eigenvalue weighted by Gasteiger charge is -2.35. The lowest BCUT2D eigenvalue weighted by Crippen LogP contribution is -2.54. The van der Waals surface area contributed by atoms with Crippen molar-refractivity contribution in [3.05, 3.63) is 44.9 Å². The molecule has 278 valence electrons. The van der Waals surface area contributed by atoms with Crippen LogP contribution in [0.2, 0.25) is 0 Å². The molecular formula is C32H47N5O13. The van der Waals surface area contributed by atoms with Gasteiger partial charge in [-0.2, -0.15) is 0 Å². The normalized spacial score (nSPS) is 28.8. The summed E-state index contributed by atoms with van der Waals surface area (Å²) in [7, 11) is 1.23. The number of H-pyrrole nitrogens is 1. The first-order chi connectivity index (χ1) is 23.9. The van der Waals surface area contributed by atoms with E-state index < -0.39 is 95.9 Å². The molecular weight excluding hydrogens is 662 g/mol. The Balaban J connectivity index is 1.54. The van der Waals surface area contributed by atoms with Crippen molar-refractivity contribution in [2.24, 2.45) is 5.73 Å². The summed E-state index contributed by atoms with van der Waals surface area (Å²) >= 11 is 0. The number of nitrogens with one attached hydrogen (secondary N) is 3. The SMILES string of the molecule is CCCCCCCCC(=O)OC1C(OC)C(C(OC2OC(C(=O)NC3CCCCNC3=O)=CC(O)C2O)C(N)=O)OC1n1ccc(=O)[nH]c1=O. The standard InChI is InChI=1S/C32H47N5O13/c1-3-4-5-6-7-8-12-21(40)48-26-23(46-2)24(49-30(26)37-15-13-20(39)36-32(37)45)25(27(33)42)50-31-22(41)18(38)16-19(47-31)29(44)35-17-11-9-10-14-34-28(17)43/h13,15-18,22-26,30-31,38,41H,3-12,14H2,1-2H3,(H2,33,42)(H,34,43)(H,35,44)(H,36,39,45). The van der Waals surface area contributed by atoms with Crippen LogP contribution in [0.4, 0.5) is 0 Å². The monoisotopic (exact) mass is 709 g/mol. The maximum absolute atomic E-state index is 13.1. The van der Waals surface area contributed by atoms with E-state index in [1.165, 1.54) is 7.11 Å². The molecule has 18 heteroatoms. The number of nitrogens with zero attached hydrogens (tertiary/aromatic N) is 1. The van der Waals surface area contributed by atoms with Crippen LogP contribution in [0.25, 0.3) is 0 Å². The molecule has 0 radical (unpaired) electrons. The second-order valence-electron chi connectivity index (χ2n) is 12.5. The van der Waals surface area contributed by atoms with E-state index in [-0.39, 0.29) is 6.42 Å². The van der Waals surface area contributed by atoms with E-state index in [9.17, 15) is 39.0 Å². The number of ether oxygens (including phenoxy) is 5. The summed E-state index contributed by atoms with van der Waals surface area (Å²) in [6.45, 7) is 2.56. The van der Waals surface area contributed by atoms with Crippen LogP contribution in [-0.2, 0) is 42.9 Å². The zero-order valence-corrected chi connectivity index (χ0v) is 28.1. The van der Waals surface area contributed by atoms with E-state index in [4.69, 9.17) is 29.4 Å². The van der Waals surface area contributed by atoms with Crippen LogP contribution in [-0.4, -0.2) is 106 Å². The van der Waals surface area contributed by atoms with Crippen molar-refractivity contribution in [2.75, 3.05) is 13.7 Å². The fourth-order valence-electron chi connectivity index (χ4n) is 6.06. The Bertz CT molecular complexity index is 1490. The van der Waals surface area contributed by atoms with Gasteiger partial charge in [0.15, 0.2) is 24.2 Å². The van der Waals surface area contributed by atoms with Crippen LogP contribution >= 0.6 is 0 Å². The summed E-state index contributed by atoms with van der Waals surface area (Å²) in [5.41, 5.74) is 4.10. The number of aliphatic hydroxyl groups is 2. The van der Waals surface area contributed by atoms with Crippen LogP contribution in [0.1, 0.15) is 77.4 Å². The van der Waals surface area contributed by atoms with E-state index in [0.29, 0.717) is 25.8 Å². The third-order valence-corrected chi connectivity index (χ3v) is 8.74. The van der Waals surface area contributed by atoms with E-state index >= 15 is 0 Å². The Morgan fingerprint density at radius 1 is 1.10 bits per heavy atom. The fraction of sp³-hybridized carbons (Fsp3) is 0.688. The quantitative estimate of drug-likeness (QED) is 0.0865. The summed E-state index contributed by atoms with van der Waals surface area (Å²) in [5.74, 6) is -3.57. The van der Waals surface area contributed by atoms with Gasteiger partial charge < -0.3 is 50.3 Å². The second-order valence-corrected chi connectivity index (χ2v) is 12.5. The minimum absolute atomic E-state index is 0.0480. The number of carbonyl (C=O) groups excluding carboxylic acids is 4. The number of esters is 1. The van der Waals surface area contributed by atoms with Gasteiger partial charge in [0.1, 0.15) is 30.5 Å². The van der Waals surface area contributed by atoms with Gasteiger partial charge in [0.2, 0.25) is 18.1 Å². The van der Waals surface area contributed by atoms with E-state index in [2.05, 4.69) is 22.5 Å². The predicted molar refractivity (Wildman–Crippen MR) is 172 cm³/mol. The fourth-order valence-corrected chi connectivity index (χ4v) is 6.06. The highest BCUT2D eigenvalue weighted by atomic mass is 16.7. The third kappa shape index (κ3) is 9.78. The van der Waals surface area contributed by atoms with Crippen molar-refractivity contribution in [3.63, 3.8) is 0 Å². The number of hydrogen-bond donors (Lipinski definition) is 6. The van der Waals surface area contributed by atoms with Crippen molar-refractivity contribution in [1.29, 1.82) is 0 Å². The van der Waals surface area contributed by atoms with Crippen molar-refractivity contribution in [3.8, 4) is 0 Å². The van der Waals surface area contributed by atoms with Crippen molar-refractivity contribution < 1.29 is 53.1 Å². The molecule has 9 unspecified atom stereocenters. The molecule has 0 saturated carbocycles. The number of amides is 3. The predicted octanol–water partition coefficient (Wildman–Crippen LogP) is -1.27. The summed E-state index contributed by atoms with van der Waals surface area (Å²) in [6, 6.07) is 0.169. The highest BCUT2D eigenvalue weighted by Gasteiger charge is 2.54. The highest BCUT2D eigenvalue weighted by Crippen LogP contribution is 2.36. The van der Waals surface area contributed by atoms with Crippen LogP contribution in [0.5, 0.6) is 0 Å². The van der Waals surface area contributed by atoms with Crippen molar-refractivity contribution in [2.45, 2.75) is 126 Å². The Hall–Kier alpha value is -4.10. The molecule has 3 amide bonds. The first-order valence-corrected chi connectivity index (χ1v) is 16.9. The Labute approximate surface area is 287 Å². The van der Waals surface area contributed by atoms with Gasteiger partial charge in [-0.1, -0.05) is 39.0 Å². The second kappa shape index (κ2) is 18.2. The van der Waals surface area contributed by atoms with E-state index in [1.807, 2.05) is 0 Å². The van der Waals surface area contributed by atoms with E-state index in [1.54, 1.807) is 0 Å². The van der Waals surface area contributed by atoms with Crippen LogP contribution in [0.3, 0.4) is 0 Å². The Kier molecular flexibility index (Phi) is 14.1. The zero-order valence-electron chi connectivity index (χ0n) is 28.1. The molecule has 3 aliphatic heterocycles. The van der Waals surface area contributed by atoms with Gasteiger partial charge in [-0.25, -0.2) is 4.79 Å². The van der Waals surface area contributed by atoms with Crippen molar-refractivity contribution >= 4 is 23.7 Å². The zero-order chi connectivity index (χ0) is 36.4. The minimum atomic E-state index is -1.87. The Morgan fingerprint density at radius 3 is 2.54 bits per heavy atom. The third-order valence-electron chi connectivity index (χ3n) is 8.74. The Morgan fingerprint density at radius 2 is 1.84 bits per heavy atom. The largest absolute Gasteiger partial charge is 0.456 e. The number of methoxy groups -OCH3 is 1. The number of nitrogens with two attached hydrogens (primary N) is 1. The van der Waals surface area contributed by atoms with Gasteiger partial charge in [0.05, 0.1) is 0 Å². The van der Waals surface area contributed by atoms with Gasteiger partial charge in [-0.05, 0) is 31.8 Å². The van der Waals surface area contributed by atoms with Gasteiger partial charge in [-0.3, -0.25) is 33.5 Å². The highest BCUT2D eigenvalue weighted by molar-refractivity contribution is 5.95. The molecule has 4 rings (SSSR count). The number of primary amides is 1. The summed E-state index contributed by atoms with van der Waals surface area (Å²) in [4.78, 5) is 78.0. The van der Waals surface area contributed by atoms with Gasteiger partial charge in [0, 0.05) is 32.3 Å².